The number of nitrogens with one attached hydrogen (secondary N) is 1. The second-order valence-corrected chi connectivity index (χ2v) is 6.05. The summed E-state index contributed by atoms with van der Waals surface area (Å²) in [6.07, 6.45) is 8.63. The van der Waals surface area contributed by atoms with Gasteiger partial charge >= 0.3 is 0 Å². The predicted molar refractivity (Wildman–Crippen MR) is 80.9 cm³/mol. The molecule has 0 unspecified atom stereocenters. The van der Waals surface area contributed by atoms with Gasteiger partial charge in [-0.25, -0.2) is 9.97 Å². The van der Waals surface area contributed by atoms with Gasteiger partial charge in [-0.2, -0.15) is 0 Å². The van der Waals surface area contributed by atoms with Crippen LogP contribution in [0.3, 0.4) is 0 Å². The van der Waals surface area contributed by atoms with Crippen molar-refractivity contribution in [2.45, 2.75) is 37.8 Å². The first kappa shape index (κ1) is 13.8. The molecule has 0 saturated carbocycles. The van der Waals surface area contributed by atoms with E-state index in [0.717, 1.165) is 25.1 Å². The van der Waals surface area contributed by atoms with E-state index in [1.807, 2.05) is 18.5 Å². The summed E-state index contributed by atoms with van der Waals surface area (Å²) in [5.41, 5.74) is 0. The zero-order valence-electron chi connectivity index (χ0n) is 12.3. The minimum atomic E-state index is 0.670. The lowest BCUT2D eigenvalue weighted by Gasteiger charge is -2.37. The van der Waals surface area contributed by atoms with Crippen LogP contribution >= 0.6 is 0 Å². The molecule has 0 spiro atoms. The van der Waals surface area contributed by atoms with Gasteiger partial charge in [-0.15, -0.1) is 0 Å². The fraction of sp³-hybridized carbons (Fsp3) is 0.733. The van der Waals surface area contributed by atoms with E-state index >= 15 is 0 Å². The Morgan fingerprint density at radius 3 is 2.10 bits per heavy atom. The van der Waals surface area contributed by atoms with Gasteiger partial charge in [0.15, 0.2) is 0 Å². The molecule has 0 amide bonds. The summed E-state index contributed by atoms with van der Waals surface area (Å²) >= 11 is 0. The number of hydrogen-bond donors (Lipinski definition) is 1. The molecular weight excluding hydrogens is 250 g/mol. The van der Waals surface area contributed by atoms with Crippen molar-refractivity contribution in [1.29, 1.82) is 0 Å². The van der Waals surface area contributed by atoms with E-state index in [4.69, 9.17) is 0 Å². The maximum atomic E-state index is 4.34. The summed E-state index contributed by atoms with van der Waals surface area (Å²) in [5, 5.41) is 3.86. The first-order chi connectivity index (χ1) is 9.81. The third-order valence-corrected chi connectivity index (χ3v) is 4.52. The van der Waals surface area contributed by atoms with Crippen LogP contribution in [0.5, 0.6) is 0 Å². The molecule has 1 aromatic heterocycles. The van der Waals surface area contributed by atoms with Crippen LogP contribution in [0.25, 0.3) is 0 Å². The summed E-state index contributed by atoms with van der Waals surface area (Å²) in [5.74, 6) is 0.880. The summed E-state index contributed by atoms with van der Waals surface area (Å²) in [7, 11) is 2.22. The Morgan fingerprint density at radius 1 is 0.950 bits per heavy atom. The molecular formula is C15H25N5. The molecule has 1 aromatic rings. The van der Waals surface area contributed by atoms with Gasteiger partial charge in [0.25, 0.3) is 0 Å². The van der Waals surface area contributed by atoms with Crippen molar-refractivity contribution in [3.05, 3.63) is 18.5 Å². The Labute approximate surface area is 121 Å². The zero-order valence-corrected chi connectivity index (χ0v) is 12.3. The zero-order chi connectivity index (χ0) is 13.8. The number of hydrogen-bond acceptors (Lipinski definition) is 5. The van der Waals surface area contributed by atoms with Gasteiger partial charge in [0.2, 0.25) is 5.95 Å². The minimum Gasteiger partial charge on any atom is -0.341 e. The molecule has 3 rings (SSSR count). The fourth-order valence-corrected chi connectivity index (χ4v) is 3.21. The summed E-state index contributed by atoms with van der Waals surface area (Å²) < 4.78 is 0. The van der Waals surface area contributed by atoms with Crippen LogP contribution < -0.4 is 10.2 Å². The molecule has 1 N–H and O–H groups in total. The van der Waals surface area contributed by atoms with Crippen molar-refractivity contribution in [2.24, 2.45) is 0 Å². The number of likely N-dealkylation sites (tertiary alicyclic amines) is 1. The van der Waals surface area contributed by atoms with Crippen molar-refractivity contribution in [3.63, 3.8) is 0 Å². The first-order valence-electron chi connectivity index (χ1n) is 7.78. The van der Waals surface area contributed by atoms with Crippen LogP contribution in [-0.2, 0) is 0 Å². The molecule has 5 heteroatoms. The lowest BCUT2D eigenvalue weighted by atomic mass is 10.00. The number of anilines is 1. The molecule has 0 atom stereocenters. The number of piperidine rings is 2. The second-order valence-electron chi connectivity index (χ2n) is 6.05. The maximum Gasteiger partial charge on any atom is 0.225 e. The Kier molecular flexibility index (Phi) is 4.47. The second kappa shape index (κ2) is 6.50. The van der Waals surface area contributed by atoms with Gasteiger partial charge in [0.05, 0.1) is 0 Å². The van der Waals surface area contributed by atoms with Crippen molar-refractivity contribution < 1.29 is 0 Å². The number of rotatable bonds is 3. The lowest BCUT2D eigenvalue weighted by molar-refractivity contribution is 0.217. The van der Waals surface area contributed by atoms with Gasteiger partial charge in [-0.3, -0.25) is 0 Å². The third kappa shape index (κ3) is 3.46. The summed E-state index contributed by atoms with van der Waals surface area (Å²) in [6.45, 7) is 4.59. The van der Waals surface area contributed by atoms with Crippen LogP contribution in [-0.4, -0.2) is 60.2 Å². The van der Waals surface area contributed by atoms with Gasteiger partial charge in [0.1, 0.15) is 0 Å². The largest absolute Gasteiger partial charge is 0.341 e. The molecule has 20 heavy (non-hydrogen) atoms. The molecule has 0 aliphatic carbocycles. The van der Waals surface area contributed by atoms with Crippen molar-refractivity contribution in [1.82, 2.24) is 20.2 Å². The van der Waals surface area contributed by atoms with Gasteiger partial charge < -0.3 is 15.1 Å². The van der Waals surface area contributed by atoms with E-state index in [0.29, 0.717) is 6.04 Å². The first-order valence-corrected chi connectivity index (χ1v) is 7.78. The molecule has 2 fully saturated rings. The van der Waals surface area contributed by atoms with Crippen molar-refractivity contribution in [2.75, 3.05) is 38.1 Å². The van der Waals surface area contributed by atoms with E-state index in [1.54, 1.807) is 0 Å². The molecule has 110 valence electrons. The quantitative estimate of drug-likeness (QED) is 0.896. The molecule has 3 heterocycles. The van der Waals surface area contributed by atoms with Crippen LogP contribution in [0.1, 0.15) is 25.7 Å². The van der Waals surface area contributed by atoms with Crippen LogP contribution in [0.4, 0.5) is 5.95 Å². The highest BCUT2D eigenvalue weighted by atomic mass is 15.3. The maximum absolute atomic E-state index is 4.34. The highest BCUT2D eigenvalue weighted by molar-refractivity contribution is 5.29. The van der Waals surface area contributed by atoms with Gasteiger partial charge in [-0.1, -0.05) is 0 Å². The highest BCUT2D eigenvalue weighted by Gasteiger charge is 2.24. The van der Waals surface area contributed by atoms with E-state index in [1.165, 1.54) is 38.8 Å². The topological polar surface area (TPSA) is 44.3 Å². The van der Waals surface area contributed by atoms with Crippen LogP contribution in [0, 0.1) is 0 Å². The number of nitrogens with zero attached hydrogens (tertiary/aromatic N) is 4. The fourth-order valence-electron chi connectivity index (χ4n) is 3.21. The average molecular weight is 275 g/mol. The molecule has 5 nitrogen and oxygen atoms in total. The predicted octanol–water partition coefficient (Wildman–Crippen LogP) is 1.13. The van der Waals surface area contributed by atoms with E-state index in [2.05, 4.69) is 32.1 Å². The van der Waals surface area contributed by atoms with E-state index in [-0.39, 0.29) is 0 Å². The molecule has 0 bridgehead atoms. The Hall–Kier alpha value is -1.20. The monoisotopic (exact) mass is 275 g/mol. The van der Waals surface area contributed by atoms with E-state index in [9.17, 15) is 0 Å². The Morgan fingerprint density at radius 2 is 1.50 bits per heavy atom. The molecule has 2 saturated heterocycles. The molecule has 0 radical (unpaired) electrons. The highest BCUT2D eigenvalue weighted by Crippen LogP contribution is 2.17. The molecule has 2 aliphatic rings. The minimum absolute atomic E-state index is 0.670. The smallest absolute Gasteiger partial charge is 0.225 e. The van der Waals surface area contributed by atoms with Crippen LogP contribution in [0.2, 0.25) is 0 Å². The van der Waals surface area contributed by atoms with Gasteiger partial charge in [0, 0.05) is 37.6 Å². The van der Waals surface area contributed by atoms with Crippen molar-refractivity contribution >= 4 is 5.95 Å². The standard InChI is InChI=1S/C15H25N5/c1-19-9-3-13(4-10-19)18-14-5-11-20(12-6-14)15-16-7-2-8-17-15/h2,7-8,13-14,18H,3-6,9-12H2,1H3. The SMILES string of the molecule is CN1CCC(NC2CCN(c3ncccn3)CC2)CC1. The molecule has 2 aliphatic heterocycles. The molecule has 0 aromatic carbocycles. The Bertz CT molecular complexity index is 394. The third-order valence-electron chi connectivity index (χ3n) is 4.52. The van der Waals surface area contributed by atoms with Crippen LogP contribution in [0.15, 0.2) is 18.5 Å². The Balaban J connectivity index is 1.44. The summed E-state index contributed by atoms with van der Waals surface area (Å²) in [4.78, 5) is 13.4. The normalized spacial score (nSPS) is 23.1. The van der Waals surface area contributed by atoms with E-state index < -0.39 is 0 Å². The average Bonchev–Trinajstić information content (AvgIpc) is 2.51. The lowest BCUT2D eigenvalue weighted by Crippen LogP contribution is -2.49. The summed E-state index contributed by atoms with van der Waals surface area (Å²) in [6, 6.07) is 3.26. The van der Waals surface area contributed by atoms with Gasteiger partial charge in [-0.05, 0) is 51.9 Å². The van der Waals surface area contributed by atoms with Crippen molar-refractivity contribution in [3.8, 4) is 0 Å². The number of aromatic nitrogens is 2.